The summed E-state index contributed by atoms with van der Waals surface area (Å²) in [7, 11) is 1.16. The zero-order valence-corrected chi connectivity index (χ0v) is 40.8. The highest BCUT2D eigenvalue weighted by Gasteiger charge is 2.51. The van der Waals surface area contributed by atoms with Gasteiger partial charge in [0.25, 0.3) is 0 Å². The Morgan fingerprint density at radius 3 is 1.69 bits per heavy atom. The molecule has 0 radical (unpaired) electrons. The molecular weight excluding hydrogens is 961 g/mol. The van der Waals surface area contributed by atoms with E-state index in [-0.39, 0.29) is 71.7 Å². The molecule has 0 bridgehead atoms. The van der Waals surface area contributed by atoms with Crippen LogP contribution in [0.25, 0.3) is 10.8 Å². The summed E-state index contributed by atoms with van der Waals surface area (Å²) >= 11 is 0. The Morgan fingerprint density at radius 1 is 0.681 bits per heavy atom. The predicted molar refractivity (Wildman–Crippen MR) is 240 cm³/mol. The van der Waals surface area contributed by atoms with Gasteiger partial charge in [0.1, 0.15) is 53.9 Å². The van der Waals surface area contributed by atoms with Crippen LogP contribution in [0.15, 0.2) is 12.1 Å². The van der Waals surface area contributed by atoms with Crippen molar-refractivity contribution in [3.8, 4) is 17.2 Å². The molecule has 11 N–H and O–H groups in total. The summed E-state index contributed by atoms with van der Waals surface area (Å²) in [5, 5.41) is 119. The molecule has 0 amide bonds. The Kier molecular flexibility index (Phi) is 16.5. The van der Waals surface area contributed by atoms with Gasteiger partial charge in [-0.25, -0.2) is 4.79 Å². The number of Topliss-reactive ketones (excluding diaryl/α,β-unsaturated/α-hetero) is 1. The number of carboxylic acid groups (broad SMARTS) is 1. The highest BCUT2D eigenvalue weighted by molar-refractivity contribution is 6.11. The van der Waals surface area contributed by atoms with Gasteiger partial charge in [0.2, 0.25) is 6.29 Å². The summed E-state index contributed by atoms with van der Waals surface area (Å²) in [6.07, 6.45) is -25.1. The van der Waals surface area contributed by atoms with E-state index in [2.05, 4.69) is 0 Å². The topological polar surface area (TPSA) is 358 Å². The molecule has 1 aliphatic carbocycles. The number of aliphatic hydroxyl groups excluding tert-OH is 7. The van der Waals surface area contributed by atoms with Crippen molar-refractivity contribution in [1.29, 1.82) is 0 Å². The van der Waals surface area contributed by atoms with Crippen LogP contribution >= 0.6 is 0 Å². The lowest BCUT2D eigenvalue weighted by Gasteiger charge is -2.45. The smallest absolute Gasteiger partial charge is 0.333 e. The number of ketones is 1. The maximum absolute atomic E-state index is 14.7. The molecule has 24 nitrogen and oxygen atoms in total. The number of carboxylic acids is 1. The van der Waals surface area contributed by atoms with Crippen LogP contribution in [-0.4, -0.2) is 210 Å². The monoisotopic (exact) mass is 1030 g/mol. The molecule has 5 heterocycles. The lowest BCUT2D eigenvalue weighted by Crippen LogP contribution is -2.59. The third-order valence-corrected chi connectivity index (χ3v) is 14.8. The maximum atomic E-state index is 14.7. The minimum atomic E-state index is -2.15. The highest BCUT2D eigenvalue weighted by Crippen LogP contribution is 2.47. The second kappa shape index (κ2) is 21.6. The van der Waals surface area contributed by atoms with E-state index in [0.717, 1.165) is 14.0 Å². The fourth-order valence-electron chi connectivity index (χ4n) is 10.6. The SMILES string of the molecule is CO[C@H](C(=O)O)[C@@H]1Cc2cc3cc(O[C@H]4C[C@@H](O[C@H]5C[C@@H](O)[C@H](O)[C@@H](C)O5)[C@H](O)[C@@H](C)O4)c(C)c(O)c3c(O)c2C(=O)[C@H]1O[C@H]1C[C@@H](O[C@H]2C[C@@H](O[C@H]3C[C@@H](O)[C@H](O)[C@](C)(O)O3)[C@@H](O)[C@@H](C)O2)[C@H](O)[C@@H](C)O1. The van der Waals surface area contributed by atoms with Crippen molar-refractivity contribution >= 4 is 22.5 Å². The Balaban J connectivity index is 1.01. The fraction of sp³-hybridized carbons (Fsp3) is 0.750. The molecule has 404 valence electrons. The lowest BCUT2D eigenvalue weighted by molar-refractivity contribution is -0.377. The standard InChI is InChI=1S/C48H68O24/c1-16-26(67-31-13-27(39(53)18(3)64-31)68-30-11-24(49)38(52)17(2)63-30)10-22-8-21-9-23(45(62-7)47(59)60)44(43(57)36(21)42(56)35(22)37(16)51)71-33-15-28(40(54)20(5)66-33)69-32-14-29(41(55)19(4)65-32)70-34-12-25(50)46(58)48(6,61)72-34/h8,10,17-20,23-25,27-34,38-41,44-46,49-56,58,61H,9,11-15H2,1-7H3,(H,59,60)/t17-,18-,19-,20-,23-,24-,25-,27-,28-,29-,30+,31+,32+,33+,34-,38-,39-,40-,41+,44+,45+,46+,48-/m1/s1. The summed E-state index contributed by atoms with van der Waals surface area (Å²) in [5.41, 5.74) is 0.0926. The molecule has 5 fully saturated rings. The van der Waals surface area contributed by atoms with Crippen molar-refractivity contribution in [2.75, 3.05) is 7.11 Å². The van der Waals surface area contributed by atoms with Crippen molar-refractivity contribution in [3.63, 3.8) is 0 Å². The first-order valence-electron chi connectivity index (χ1n) is 24.2. The molecule has 0 aromatic heterocycles. The van der Waals surface area contributed by atoms with Gasteiger partial charge < -0.3 is 108 Å². The number of fused-ring (bicyclic) bond motifs is 2. The number of hydrogen-bond acceptors (Lipinski definition) is 23. The van der Waals surface area contributed by atoms with Crippen LogP contribution in [0, 0.1) is 12.8 Å². The van der Waals surface area contributed by atoms with E-state index < -0.39 is 164 Å². The average molecular weight is 1030 g/mol. The average Bonchev–Trinajstić information content (AvgIpc) is 3.29. The minimum absolute atomic E-state index is 0.0267. The van der Waals surface area contributed by atoms with Crippen LogP contribution in [0.5, 0.6) is 17.2 Å². The number of rotatable bonds is 13. The summed E-state index contributed by atoms with van der Waals surface area (Å²) in [5.74, 6) is -6.60. The van der Waals surface area contributed by atoms with Gasteiger partial charge in [0.05, 0.1) is 65.9 Å². The number of phenolic OH excluding ortho intramolecular Hbond substituents is 2. The van der Waals surface area contributed by atoms with Crippen molar-refractivity contribution in [2.45, 2.75) is 215 Å². The number of ether oxygens (including phenoxy) is 11. The lowest BCUT2D eigenvalue weighted by atomic mass is 9.76. The van der Waals surface area contributed by atoms with Crippen molar-refractivity contribution in [3.05, 3.63) is 28.8 Å². The number of aromatic hydroxyl groups is 2. The van der Waals surface area contributed by atoms with Gasteiger partial charge in [-0.2, -0.15) is 0 Å². The second-order valence-electron chi connectivity index (χ2n) is 20.0. The van der Waals surface area contributed by atoms with E-state index in [9.17, 15) is 65.8 Å². The summed E-state index contributed by atoms with van der Waals surface area (Å²) in [6, 6.07) is 3.02. The largest absolute Gasteiger partial charge is 0.507 e. The van der Waals surface area contributed by atoms with Crippen LogP contribution in [0.4, 0.5) is 0 Å². The highest BCUT2D eigenvalue weighted by atomic mass is 16.8. The van der Waals surface area contributed by atoms with Gasteiger partial charge in [-0.05, 0) is 71.0 Å². The fourth-order valence-corrected chi connectivity index (χ4v) is 10.6. The van der Waals surface area contributed by atoms with E-state index >= 15 is 0 Å². The number of methoxy groups -OCH3 is 1. The number of aliphatic carboxylic acids is 1. The summed E-state index contributed by atoms with van der Waals surface area (Å²) in [6.45, 7) is 8.94. The van der Waals surface area contributed by atoms with E-state index in [1.165, 1.54) is 26.0 Å². The van der Waals surface area contributed by atoms with Gasteiger partial charge in [0.15, 0.2) is 42.8 Å². The van der Waals surface area contributed by atoms with Gasteiger partial charge in [-0.15, -0.1) is 0 Å². The van der Waals surface area contributed by atoms with Crippen LogP contribution in [-0.2, 0) is 58.6 Å². The third-order valence-electron chi connectivity index (χ3n) is 14.8. The molecule has 8 rings (SSSR count). The first-order chi connectivity index (χ1) is 33.9. The molecule has 5 saturated heterocycles. The van der Waals surface area contributed by atoms with E-state index in [1.54, 1.807) is 20.8 Å². The minimum Gasteiger partial charge on any atom is -0.507 e. The van der Waals surface area contributed by atoms with Crippen molar-refractivity contribution in [1.82, 2.24) is 0 Å². The Labute approximate surface area is 413 Å². The molecule has 23 atom stereocenters. The van der Waals surface area contributed by atoms with Crippen molar-refractivity contribution < 1.29 is 118 Å². The van der Waals surface area contributed by atoms with Gasteiger partial charge in [0, 0.05) is 50.7 Å². The van der Waals surface area contributed by atoms with Gasteiger partial charge in [-0.3, -0.25) is 4.79 Å². The van der Waals surface area contributed by atoms with Crippen molar-refractivity contribution in [2.24, 2.45) is 5.92 Å². The van der Waals surface area contributed by atoms with E-state index in [1.807, 2.05) is 0 Å². The molecule has 2 aromatic carbocycles. The third kappa shape index (κ3) is 10.9. The van der Waals surface area contributed by atoms with E-state index in [4.69, 9.17) is 52.1 Å². The van der Waals surface area contributed by atoms with Crippen LogP contribution in [0.1, 0.15) is 88.2 Å². The second-order valence-corrected chi connectivity index (χ2v) is 20.0. The maximum Gasteiger partial charge on any atom is 0.333 e. The summed E-state index contributed by atoms with van der Waals surface area (Å²) in [4.78, 5) is 27.4. The van der Waals surface area contributed by atoms with Crippen LogP contribution < -0.4 is 4.74 Å². The first kappa shape index (κ1) is 54.8. The first-order valence-corrected chi connectivity index (χ1v) is 24.2. The van der Waals surface area contributed by atoms with E-state index in [0.29, 0.717) is 0 Å². The van der Waals surface area contributed by atoms with Gasteiger partial charge >= 0.3 is 5.97 Å². The van der Waals surface area contributed by atoms with Crippen LogP contribution in [0.2, 0.25) is 0 Å². The number of benzene rings is 2. The number of phenols is 2. The summed E-state index contributed by atoms with van der Waals surface area (Å²) < 4.78 is 65.3. The Bertz CT molecular complexity index is 2250. The molecule has 24 heteroatoms. The normalized spacial score (nSPS) is 43.3. The van der Waals surface area contributed by atoms with Gasteiger partial charge in [-0.1, -0.05) is 0 Å². The molecule has 0 saturated carbocycles. The molecule has 0 unspecified atom stereocenters. The Morgan fingerprint density at radius 2 is 1.17 bits per heavy atom. The zero-order chi connectivity index (χ0) is 52.4. The van der Waals surface area contributed by atoms with Crippen LogP contribution in [0.3, 0.4) is 0 Å². The number of aliphatic hydroxyl groups is 8. The Hall–Kier alpha value is -3.48. The molecule has 72 heavy (non-hydrogen) atoms. The quantitative estimate of drug-likeness (QED) is 0.120. The predicted octanol–water partition coefficient (Wildman–Crippen LogP) is -0.546. The molecule has 2 aromatic rings. The number of carbonyl (C=O) groups is 2. The zero-order valence-electron chi connectivity index (χ0n) is 40.8. The molecule has 5 aliphatic heterocycles. The molecule has 6 aliphatic rings. The molecule has 0 spiro atoms. The number of carbonyl (C=O) groups excluding carboxylic acids is 1. The number of hydrogen-bond donors (Lipinski definition) is 11. The molecular formula is C48H68O24.